The van der Waals surface area contributed by atoms with E-state index in [0.717, 1.165) is 31.4 Å². The molecule has 2 aliphatic rings. The summed E-state index contributed by atoms with van der Waals surface area (Å²) in [5.74, 6) is 0.575. The number of ether oxygens (including phenoxy) is 2. The standard InChI is InChI=1S/C30H35Cl3N6O4/c1-30(2,27-17-39(36-35-27)24-15-21(32)20(31)14-22(24)33)38-11-9-37(10-12-38)29(41)19-13-25(42-3)26(43-4)16-23(19)34-28(40)18-7-5-6-8-18/h13-18H,5-12H2,1-4H3,(H,34,40). The van der Waals surface area contributed by atoms with Crippen LogP contribution in [0.1, 0.15) is 55.6 Å². The zero-order valence-corrected chi connectivity index (χ0v) is 26.9. The number of amides is 2. The fourth-order valence-corrected chi connectivity index (χ4v) is 6.36. The number of hydrogen-bond donors (Lipinski definition) is 1. The minimum atomic E-state index is -0.486. The van der Waals surface area contributed by atoms with Gasteiger partial charge in [0.1, 0.15) is 5.69 Å². The maximum atomic E-state index is 13.9. The normalized spacial score (nSPS) is 16.4. The van der Waals surface area contributed by atoms with E-state index in [4.69, 9.17) is 44.3 Å². The molecule has 5 rings (SSSR count). The van der Waals surface area contributed by atoms with Crippen molar-refractivity contribution in [3.05, 3.63) is 56.8 Å². The van der Waals surface area contributed by atoms with E-state index in [-0.39, 0.29) is 17.7 Å². The van der Waals surface area contributed by atoms with E-state index in [1.165, 1.54) is 14.2 Å². The molecule has 230 valence electrons. The molecule has 10 nitrogen and oxygen atoms in total. The number of hydrogen-bond acceptors (Lipinski definition) is 7. The molecule has 43 heavy (non-hydrogen) atoms. The van der Waals surface area contributed by atoms with Crippen molar-refractivity contribution in [2.24, 2.45) is 5.92 Å². The molecular formula is C30H35Cl3N6O4. The second-order valence-electron chi connectivity index (χ2n) is 11.3. The van der Waals surface area contributed by atoms with Crippen LogP contribution in [-0.2, 0) is 10.3 Å². The average molecular weight is 650 g/mol. The molecule has 3 aromatic rings. The van der Waals surface area contributed by atoms with E-state index in [1.807, 2.05) is 6.20 Å². The van der Waals surface area contributed by atoms with Gasteiger partial charge in [-0.05, 0) is 44.9 Å². The number of benzene rings is 2. The summed E-state index contributed by atoms with van der Waals surface area (Å²) in [7, 11) is 3.05. The van der Waals surface area contributed by atoms with Gasteiger partial charge in [-0.2, -0.15) is 0 Å². The lowest BCUT2D eigenvalue weighted by Gasteiger charge is -2.43. The minimum Gasteiger partial charge on any atom is -0.493 e. The molecule has 0 bridgehead atoms. The first-order chi connectivity index (χ1) is 20.5. The number of nitrogens with one attached hydrogen (secondary N) is 1. The van der Waals surface area contributed by atoms with Gasteiger partial charge >= 0.3 is 0 Å². The molecule has 13 heteroatoms. The van der Waals surface area contributed by atoms with Crippen molar-refractivity contribution >= 4 is 52.3 Å². The van der Waals surface area contributed by atoms with Gasteiger partial charge in [0.15, 0.2) is 11.5 Å². The van der Waals surface area contributed by atoms with Crippen LogP contribution in [-0.4, -0.2) is 77.0 Å². The van der Waals surface area contributed by atoms with E-state index in [1.54, 1.807) is 33.8 Å². The highest BCUT2D eigenvalue weighted by molar-refractivity contribution is 6.43. The Morgan fingerprint density at radius 3 is 2.19 bits per heavy atom. The molecule has 0 unspecified atom stereocenters. The third-order valence-electron chi connectivity index (χ3n) is 8.45. The molecule has 2 fully saturated rings. The topological polar surface area (TPSA) is 102 Å². The van der Waals surface area contributed by atoms with Crippen molar-refractivity contribution < 1.29 is 19.1 Å². The molecule has 1 aliphatic carbocycles. The molecule has 1 saturated heterocycles. The number of nitrogens with zero attached hydrogens (tertiary/aromatic N) is 5. The predicted octanol–water partition coefficient (Wildman–Crippen LogP) is 6.07. The van der Waals surface area contributed by atoms with E-state index in [2.05, 4.69) is 34.4 Å². The largest absolute Gasteiger partial charge is 0.493 e. The Bertz CT molecular complexity index is 1510. The Labute approximate surface area is 266 Å². The second kappa shape index (κ2) is 12.9. The molecule has 1 aliphatic heterocycles. The predicted molar refractivity (Wildman–Crippen MR) is 167 cm³/mol. The summed E-state index contributed by atoms with van der Waals surface area (Å²) >= 11 is 18.7. The van der Waals surface area contributed by atoms with Crippen LogP contribution >= 0.6 is 34.8 Å². The minimum absolute atomic E-state index is 0.0486. The highest BCUT2D eigenvalue weighted by Gasteiger charge is 2.36. The van der Waals surface area contributed by atoms with Crippen molar-refractivity contribution in [3.63, 3.8) is 0 Å². The summed E-state index contributed by atoms with van der Waals surface area (Å²) in [6, 6.07) is 6.55. The van der Waals surface area contributed by atoms with Crippen molar-refractivity contribution in [1.29, 1.82) is 0 Å². The van der Waals surface area contributed by atoms with Gasteiger partial charge in [-0.1, -0.05) is 52.9 Å². The van der Waals surface area contributed by atoms with Gasteiger partial charge in [-0.15, -0.1) is 5.10 Å². The highest BCUT2D eigenvalue weighted by atomic mass is 35.5. The van der Waals surface area contributed by atoms with E-state index >= 15 is 0 Å². The second-order valence-corrected chi connectivity index (χ2v) is 12.5. The number of halogens is 3. The van der Waals surface area contributed by atoms with Gasteiger partial charge in [0, 0.05) is 38.2 Å². The van der Waals surface area contributed by atoms with E-state index < -0.39 is 5.54 Å². The van der Waals surface area contributed by atoms with Crippen LogP contribution < -0.4 is 14.8 Å². The number of piperazine rings is 1. The summed E-state index contributed by atoms with van der Waals surface area (Å²) in [4.78, 5) is 30.9. The van der Waals surface area contributed by atoms with Crippen molar-refractivity contribution in [2.75, 3.05) is 45.7 Å². The number of anilines is 1. The van der Waals surface area contributed by atoms with E-state index in [0.29, 0.717) is 69.7 Å². The molecule has 2 amide bonds. The lowest BCUT2D eigenvalue weighted by Crippen LogP contribution is -2.54. The van der Waals surface area contributed by atoms with Crippen LogP contribution in [0.4, 0.5) is 5.69 Å². The third-order valence-corrected chi connectivity index (χ3v) is 9.48. The van der Waals surface area contributed by atoms with Gasteiger partial charge in [0.2, 0.25) is 5.91 Å². The van der Waals surface area contributed by atoms with Crippen molar-refractivity contribution in [3.8, 4) is 17.2 Å². The number of aromatic nitrogens is 3. The first-order valence-electron chi connectivity index (χ1n) is 14.2. The lowest BCUT2D eigenvalue weighted by atomic mass is 9.97. The molecule has 0 spiro atoms. The fourth-order valence-electron chi connectivity index (χ4n) is 5.73. The fraction of sp³-hybridized carbons (Fsp3) is 0.467. The zero-order valence-electron chi connectivity index (χ0n) is 24.6. The number of carbonyl (C=O) groups excluding carboxylic acids is 2. The summed E-state index contributed by atoms with van der Waals surface area (Å²) in [6.45, 7) is 6.33. The SMILES string of the molecule is COc1cc(NC(=O)C2CCCC2)c(C(=O)N2CCN(C(C)(C)c3cn(-c4cc(Cl)c(Cl)cc4Cl)nn3)CC2)cc1OC. The van der Waals surface area contributed by atoms with Crippen molar-refractivity contribution in [2.45, 2.75) is 45.1 Å². The first kappa shape index (κ1) is 31.4. The number of methoxy groups -OCH3 is 2. The van der Waals surface area contributed by atoms with Gasteiger partial charge in [0.05, 0.1) is 58.0 Å². The Kier molecular flexibility index (Phi) is 9.41. The summed E-state index contributed by atoms with van der Waals surface area (Å²) in [5, 5.41) is 12.9. The monoisotopic (exact) mass is 648 g/mol. The Hall–Kier alpha value is -3.05. The molecule has 2 heterocycles. The highest BCUT2D eigenvalue weighted by Crippen LogP contribution is 2.36. The molecule has 1 N–H and O–H groups in total. The van der Waals surface area contributed by atoms with Crippen LogP contribution in [0.2, 0.25) is 15.1 Å². The average Bonchev–Trinajstić information content (AvgIpc) is 3.72. The van der Waals surface area contributed by atoms with Crippen LogP contribution in [0.25, 0.3) is 5.69 Å². The number of carbonyl (C=O) groups is 2. The zero-order chi connectivity index (χ0) is 30.9. The van der Waals surface area contributed by atoms with Crippen LogP contribution in [0.15, 0.2) is 30.5 Å². The molecule has 2 aromatic carbocycles. The number of rotatable bonds is 8. The van der Waals surface area contributed by atoms with Crippen LogP contribution in [0.3, 0.4) is 0 Å². The van der Waals surface area contributed by atoms with Crippen molar-refractivity contribution in [1.82, 2.24) is 24.8 Å². The molecule has 1 aromatic heterocycles. The Balaban J connectivity index is 1.31. The third kappa shape index (κ3) is 6.43. The molecular weight excluding hydrogens is 615 g/mol. The van der Waals surface area contributed by atoms with Gasteiger partial charge < -0.3 is 19.7 Å². The van der Waals surface area contributed by atoms with E-state index in [9.17, 15) is 9.59 Å². The molecule has 0 radical (unpaired) electrons. The maximum Gasteiger partial charge on any atom is 0.256 e. The van der Waals surface area contributed by atoms with Gasteiger partial charge in [-0.25, -0.2) is 4.68 Å². The lowest BCUT2D eigenvalue weighted by molar-refractivity contribution is -0.119. The Morgan fingerprint density at radius 2 is 1.53 bits per heavy atom. The Morgan fingerprint density at radius 1 is 0.907 bits per heavy atom. The molecule has 0 atom stereocenters. The smallest absolute Gasteiger partial charge is 0.256 e. The van der Waals surface area contributed by atoms with Gasteiger partial charge in [-0.3, -0.25) is 14.5 Å². The van der Waals surface area contributed by atoms with Crippen LogP contribution in [0, 0.1) is 5.92 Å². The van der Waals surface area contributed by atoms with Crippen LogP contribution in [0.5, 0.6) is 11.5 Å². The quantitative estimate of drug-likeness (QED) is 0.296. The molecule has 1 saturated carbocycles. The first-order valence-corrected chi connectivity index (χ1v) is 15.4. The summed E-state index contributed by atoms with van der Waals surface area (Å²) < 4.78 is 12.5. The summed E-state index contributed by atoms with van der Waals surface area (Å²) in [5.41, 5.74) is 1.64. The van der Waals surface area contributed by atoms with Gasteiger partial charge in [0.25, 0.3) is 5.91 Å². The summed E-state index contributed by atoms with van der Waals surface area (Å²) in [6.07, 6.45) is 5.61. The maximum absolute atomic E-state index is 13.9.